The number of piperidine rings is 1. The molecule has 0 radical (unpaired) electrons. The van der Waals surface area contributed by atoms with Crippen molar-refractivity contribution in [3.8, 4) is 0 Å². The summed E-state index contributed by atoms with van der Waals surface area (Å²) < 4.78 is 15.1. The zero-order valence-corrected chi connectivity index (χ0v) is 10.4. The van der Waals surface area contributed by atoms with Gasteiger partial charge in [0.05, 0.1) is 12.8 Å². The van der Waals surface area contributed by atoms with Gasteiger partial charge in [0.2, 0.25) is 0 Å². The van der Waals surface area contributed by atoms with Gasteiger partial charge in [0, 0.05) is 6.54 Å². The molecule has 3 aliphatic rings. The molecular weight excluding hydrogens is 274 g/mol. The number of rotatable bonds is 0. The quantitative estimate of drug-likeness (QED) is 0.521. The molecule has 0 aromatic carbocycles. The summed E-state index contributed by atoms with van der Waals surface area (Å²) in [5, 5.41) is 20.6. The zero-order chi connectivity index (χ0) is 14.5. The first-order chi connectivity index (χ1) is 9.36. The Kier molecular flexibility index (Phi) is 2.75. The Morgan fingerprint density at radius 2 is 1.85 bits per heavy atom. The predicted molar refractivity (Wildman–Crippen MR) is 56.7 cm³/mol. The molecule has 3 atom stereocenters. The summed E-state index contributed by atoms with van der Waals surface area (Å²) in [5.74, 6) is -5.21. The SMILES string of the molecule is O=C1CC2(O)CC(=O)OC3(OC2=O)C(CCCN3O)O1. The van der Waals surface area contributed by atoms with Crippen molar-refractivity contribution in [2.24, 2.45) is 0 Å². The molecule has 3 rings (SSSR count). The van der Waals surface area contributed by atoms with E-state index in [2.05, 4.69) is 0 Å². The topological polar surface area (TPSA) is 123 Å². The smallest absolute Gasteiger partial charge is 0.381 e. The Hall–Kier alpha value is -1.71. The van der Waals surface area contributed by atoms with Crippen LogP contribution >= 0.6 is 0 Å². The molecule has 3 fully saturated rings. The van der Waals surface area contributed by atoms with Crippen molar-refractivity contribution in [3.05, 3.63) is 0 Å². The minimum absolute atomic E-state index is 0.0625. The van der Waals surface area contributed by atoms with Crippen molar-refractivity contribution in [2.75, 3.05) is 6.54 Å². The highest BCUT2D eigenvalue weighted by Crippen LogP contribution is 2.39. The van der Waals surface area contributed by atoms with Gasteiger partial charge in [0.15, 0.2) is 11.7 Å². The molecule has 1 spiro atoms. The van der Waals surface area contributed by atoms with Crippen LogP contribution in [0.1, 0.15) is 25.7 Å². The molecule has 2 N–H and O–H groups in total. The molecule has 2 bridgehead atoms. The van der Waals surface area contributed by atoms with Gasteiger partial charge in [-0.25, -0.2) is 4.79 Å². The lowest BCUT2D eigenvalue weighted by Gasteiger charge is -2.44. The van der Waals surface area contributed by atoms with E-state index in [1.807, 2.05) is 0 Å². The van der Waals surface area contributed by atoms with E-state index in [4.69, 9.17) is 14.2 Å². The molecule has 0 aliphatic carbocycles. The summed E-state index contributed by atoms with van der Waals surface area (Å²) in [5.41, 5.74) is -2.33. The van der Waals surface area contributed by atoms with Gasteiger partial charge >= 0.3 is 23.8 Å². The lowest BCUT2D eigenvalue weighted by Crippen LogP contribution is -2.65. The Morgan fingerprint density at radius 1 is 1.15 bits per heavy atom. The molecule has 0 saturated carbocycles. The van der Waals surface area contributed by atoms with Crippen LogP contribution < -0.4 is 0 Å². The fraction of sp³-hybridized carbons (Fsp3) is 0.727. The Balaban J connectivity index is 2.11. The van der Waals surface area contributed by atoms with Crippen molar-refractivity contribution in [1.29, 1.82) is 0 Å². The maximum absolute atomic E-state index is 12.0. The maximum Gasteiger partial charge on any atom is 0.381 e. The van der Waals surface area contributed by atoms with Gasteiger partial charge < -0.3 is 24.5 Å². The maximum atomic E-state index is 12.0. The summed E-state index contributed by atoms with van der Waals surface area (Å²) in [4.78, 5) is 35.5. The van der Waals surface area contributed by atoms with Gasteiger partial charge in [-0.2, -0.15) is 0 Å². The lowest BCUT2D eigenvalue weighted by molar-refractivity contribution is -0.404. The second-order valence-corrected chi connectivity index (χ2v) is 5.12. The van der Waals surface area contributed by atoms with Gasteiger partial charge in [0.25, 0.3) is 0 Å². The van der Waals surface area contributed by atoms with Crippen LogP contribution in [-0.4, -0.2) is 57.4 Å². The van der Waals surface area contributed by atoms with E-state index < -0.39 is 48.4 Å². The fourth-order valence-electron chi connectivity index (χ4n) is 2.63. The molecule has 3 unspecified atom stereocenters. The van der Waals surface area contributed by atoms with Crippen LogP contribution in [0, 0.1) is 0 Å². The first-order valence-corrected chi connectivity index (χ1v) is 6.19. The molecule has 110 valence electrons. The number of hydrogen-bond acceptors (Lipinski definition) is 9. The summed E-state index contributed by atoms with van der Waals surface area (Å²) in [7, 11) is 0. The summed E-state index contributed by atoms with van der Waals surface area (Å²) in [6, 6.07) is 0. The lowest BCUT2D eigenvalue weighted by atomic mass is 9.95. The number of carbonyl (C=O) groups is 3. The zero-order valence-electron chi connectivity index (χ0n) is 10.4. The van der Waals surface area contributed by atoms with Gasteiger partial charge in [-0.1, -0.05) is 0 Å². The Morgan fingerprint density at radius 3 is 2.60 bits per heavy atom. The van der Waals surface area contributed by atoms with Crippen molar-refractivity contribution < 1.29 is 38.9 Å². The van der Waals surface area contributed by atoms with Gasteiger partial charge in [-0.05, 0) is 12.8 Å². The molecule has 0 aromatic rings. The van der Waals surface area contributed by atoms with Crippen LogP contribution in [0.25, 0.3) is 0 Å². The summed E-state index contributed by atoms with van der Waals surface area (Å²) >= 11 is 0. The van der Waals surface area contributed by atoms with Crippen LogP contribution in [0.2, 0.25) is 0 Å². The van der Waals surface area contributed by atoms with Crippen LogP contribution in [-0.2, 0) is 28.6 Å². The minimum Gasteiger partial charge on any atom is -0.452 e. The number of ether oxygens (including phenoxy) is 3. The third-order valence-electron chi connectivity index (χ3n) is 3.63. The molecule has 9 nitrogen and oxygen atoms in total. The predicted octanol–water partition coefficient (Wildman–Crippen LogP) is -1.34. The van der Waals surface area contributed by atoms with Crippen molar-refractivity contribution >= 4 is 17.9 Å². The highest BCUT2D eigenvalue weighted by molar-refractivity contribution is 5.92. The third-order valence-corrected chi connectivity index (χ3v) is 3.63. The summed E-state index contributed by atoms with van der Waals surface area (Å²) in [6.07, 6.45) is -1.86. The number of nitrogens with zero attached hydrogens (tertiary/aromatic N) is 1. The van der Waals surface area contributed by atoms with Crippen molar-refractivity contribution in [3.63, 3.8) is 0 Å². The molecular formula is C11H13NO8. The number of aliphatic hydroxyl groups is 1. The van der Waals surface area contributed by atoms with E-state index in [0.29, 0.717) is 11.5 Å². The van der Waals surface area contributed by atoms with Crippen molar-refractivity contribution in [2.45, 2.75) is 43.3 Å². The molecule has 3 heterocycles. The van der Waals surface area contributed by atoms with E-state index in [9.17, 15) is 24.7 Å². The largest absolute Gasteiger partial charge is 0.452 e. The number of esters is 3. The third kappa shape index (κ3) is 1.78. The minimum atomic E-state index is -2.33. The van der Waals surface area contributed by atoms with Crippen molar-refractivity contribution in [1.82, 2.24) is 5.06 Å². The highest BCUT2D eigenvalue weighted by atomic mass is 16.8. The Bertz CT molecular complexity index is 493. The first-order valence-electron chi connectivity index (χ1n) is 6.19. The number of carbonyl (C=O) groups excluding carboxylic acids is 3. The molecule has 3 aliphatic heterocycles. The average molecular weight is 287 g/mol. The van der Waals surface area contributed by atoms with E-state index >= 15 is 0 Å². The van der Waals surface area contributed by atoms with Crippen LogP contribution in [0.5, 0.6) is 0 Å². The first kappa shape index (κ1) is 13.3. The molecule has 20 heavy (non-hydrogen) atoms. The standard InChI is InChI=1S/C11H13NO8/c13-7-4-10(16)5-8(14)19-11(20-9(10)15)6(18-7)2-1-3-12(11)17/h6,16-17H,1-5H2. The monoisotopic (exact) mass is 287 g/mol. The molecule has 3 saturated heterocycles. The highest BCUT2D eigenvalue weighted by Gasteiger charge is 2.63. The number of hydrogen-bond donors (Lipinski definition) is 2. The molecule has 9 heteroatoms. The molecule has 0 amide bonds. The molecule has 0 aromatic heterocycles. The normalized spacial score (nSPS) is 41.7. The van der Waals surface area contributed by atoms with Gasteiger partial charge in [0.1, 0.15) is 0 Å². The second kappa shape index (κ2) is 4.14. The van der Waals surface area contributed by atoms with Crippen LogP contribution in [0.15, 0.2) is 0 Å². The van der Waals surface area contributed by atoms with Crippen LogP contribution in [0.3, 0.4) is 0 Å². The Labute approximate surface area is 112 Å². The van der Waals surface area contributed by atoms with E-state index in [-0.39, 0.29) is 13.0 Å². The summed E-state index contributed by atoms with van der Waals surface area (Å²) in [6.45, 7) is 0.0625. The fourth-order valence-corrected chi connectivity index (χ4v) is 2.63. The van der Waals surface area contributed by atoms with E-state index in [1.165, 1.54) is 0 Å². The number of fused-ring (bicyclic) bond motifs is 2. The van der Waals surface area contributed by atoms with Gasteiger partial charge in [-0.15, -0.1) is 5.06 Å². The van der Waals surface area contributed by atoms with E-state index in [1.54, 1.807) is 0 Å². The van der Waals surface area contributed by atoms with E-state index in [0.717, 1.165) is 0 Å². The van der Waals surface area contributed by atoms with Crippen LogP contribution in [0.4, 0.5) is 0 Å². The second-order valence-electron chi connectivity index (χ2n) is 5.12. The van der Waals surface area contributed by atoms with Gasteiger partial charge in [-0.3, -0.25) is 9.59 Å². The number of hydroxylamine groups is 2. The average Bonchev–Trinajstić information content (AvgIpc) is 2.38.